The molecule has 1 heterocycles. The summed E-state index contributed by atoms with van der Waals surface area (Å²) >= 11 is 7.10. The van der Waals surface area contributed by atoms with Crippen molar-refractivity contribution >= 4 is 24.0 Å². The molecule has 0 amide bonds. The number of benzene rings is 1. The first-order valence-electron chi connectivity index (χ1n) is 5.92. The standard InChI is InChI=1S/C14H16N2S2/c1-4-18-12-7-5-11(6-8-12)13-15-10(3)9(2)14(17)16-13/h5-8H,4H2,1-3H3,(H,15,16,17). The second kappa shape index (κ2) is 5.67. The Balaban J connectivity index is 2.40. The van der Waals surface area contributed by atoms with Gasteiger partial charge in [-0.3, -0.25) is 0 Å². The van der Waals surface area contributed by atoms with Crippen molar-refractivity contribution in [2.24, 2.45) is 0 Å². The molecule has 0 unspecified atom stereocenters. The van der Waals surface area contributed by atoms with Crippen LogP contribution in [-0.2, 0) is 0 Å². The van der Waals surface area contributed by atoms with Crippen molar-refractivity contribution in [2.45, 2.75) is 25.7 Å². The Kier molecular flexibility index (Phi) is 4.19. The molecule has 0 bridgehead atoms. The number of aromatic amines is 1. The minimum Gasteiger partial charge on any atom is -0.343 e. The lowest BCUT2D eigenvalue weighted by Crippen LogP contribution is -1.96. The van der Waals surface area contributed by atoms with E-state index in [9.17, 15) is 0 Å². The lowest BCUT2D eigenvalue weighted by molar-refractivity contribution is 1.06. The minimum atomic E-state index is 0.674. The van der Waals surface area contributed by atoms with Crippen molar-refractivity contribution in [2.75, 3.05) is 5.75 Å². The lowest BCUT2D eigenvalue weighted by Gasteiger charge is -2.06. The summed E-state index contributed by atoms with van der Waals surface area (Å²) in [6.07, 6.45) is 0. The largest absolute Gasteiger partial charge is 0.343 e. The molecule has 1 aromatic heterocycles. The van der Waals surface area contributed by atoms with Crippen LogP contribution in [-0.4, -0.2) is 15.7 Å². The van der Waals surface area contributed by atoms with Gasteiger partial charge in [-0.2, -0.15) is 0 Å². The zero-order chi connectivity index (χ0) is 13.1. The molecule has 18 heavy (non-hydrogen) atoms. The Morgan fingerprint density at radius 2 is 1.89 bits per heavy atom. The van der Waals surface area contributed by atoms with Crippen LogP contribution in [0.4, 0.5) is 0 Å². The average Bonchev–Trinajstić information content (AvgIpc) is 2.37. The van der Waals surface area contributed by atoms with E-state index >= 15 is 0 Å². The van der Waals surface area contributed by atoms with Crippen LogP contribution in [0.25, 0.3) is 11.4 Å². The first-order chi connectivity index (χ1) is 8.61. The van der Waals surface area contributed by atoms with E-state index < -0.39 is 0 Å². The maximum atomic E-state index is 5.26. The quantitative estimate of drug-likeness (QED) is 0.659. The fraction of sp³-hybridized carbons (Fsp3) is 0.286. The number of thioether (sulfide) groups is 1. The van der Waals surface area contributed by atoms with Crippen molar-refractivity contribution in [3.63, 3.8) is 0 Å². The first kappa shape index (κ1) is 13.3. The first-order valence-corrected chi connectivity index (χ1v) is 7.32. The van der Waals surface area contributed by atoms with Gasteiger partial charge in [-0.25, -0.2) is 4.98 Å². The zero-order valence-electron chi connectivity index (χ0n) is 10.8. The van der Waals surface area contributed by atoms with E-state index in [-0.39, 0.29) is 0 Å². The SMILES string of the molecule is CCSc1ccc(-c2nc(=S)c(C)c(C)[nH]2)cc1. The summed E-state index contributed by atoms with van der Waals surface area (Å²) in [5.41, 5.74) is 3.20. The molecule has 2 nitrogen and oxygen atoms in total. The summed E-state index contributed by atoms with van der Waals surface area (Å²) in [6.45, 7) is 6.17. The second-order valence-corrected chi connectivity index (χ2v) is 5.82. The van der Waals surface area contributed by atoms with Crippen LogP contribution in [0.3, 0.4) is 0 Å². The summed E-state index contributed by atoms with van der Waals surface area (Å²) in [6, 6.07) is 8.41. The molecule has 0 saturated heterocycles. The number of nitrogens with zero attached hydrogens (tertiary/aromatic N) is 1. The van der Waals surface area contributed by atoms with E-state index in [0.29, 0.717) is 4.64 Å². The molecule has 1 N–H and O–H groups in total. The van der Waals surface area contributed by atoms with Gasteiger partial charge in [0.05, 0.1) is 0 Å². The predicted molar refractivity (Wildman–Crippen MR) is 80.7 cm³/mol. The van der Waals surface area contributed by atoms with Gasteiger partial charge in [0.15, 0.2) is 0 Å². The Hall–Kier alpha value is -1.13. The van der Waals surface area contributed by atoms with Gasteiger partial charge in [-0.1, -0.05) is 31.3 Å². The molecule has 0 radical (unpaired) electrons. The highest BCUT2D eigenvalue weighted by Crippen LogP contribution is 2.22. The van der Waals surface area contributed by atoms with Gasteiger partial charge in [0.2, 0.25) is 0 Å². The molecule has 0 spiro atoms. The highest BCUT2D eigenvalue weighted by Gasteiger charge is 2.04. The van der Waals surface area contributed by atoms with Crippen molar-refractivity contribution in [1.82, 2.24) is 9.97 Å². The number of H-pyrrole nitrogens is 1. The molecule has 2 rings (SSSR count). The van der Waals surface area contributed by atoms with Gasteiger partial charge in [-0.15, -0.1) is 11.8 Å². The molecule has 0 aliphatic carbocycles. The number of nitrogens with one attached hydrogen (secondary N) is 1. The Morgan fingerprint density at radius 3 is 2.44 bits per heavy atom. The van der Waals surface area contributed by atoms with Gasteiger partial charge >= 0.3 is 0 Å². The Bertz CT molecular complexity index is 600. The molecular formula is C14H16N2S2. The molecule has 94 valence electrons. The normalized spacial score (nSPS) is 10.6. The van der Waals surface area contributed by atoms with Crippen molar-refractivity contribution in [1.29, 1.82) is 0 Å². The number of hydrogen-bond acceptors (Lipinski definition) is 3. The highest BCUT2D eigenvalue weighted by atomic mass is 32.2. The van der Waals surface area contributed by atoms with E-state index in [0.717, 1.165) is 28.4 Å². The van der Waals surface area contributed by atoms with Crippen molar-refractivity contribution in [3.05, 3.63) is 40.2 Å². The third-order valence-electron chi connectivity index (χ3n) is 2.84. The molecule has 0 aliphatic rings. The van der Waals surface area contributed by atoms with E-state index in [4.69, 9.17) is 12.2 Å². The Labute approximate surface area is 117 Å². The van der Waals surface area contributed by atoms with Gasteiger partial charge in [0, 0.05) is 21.7 Å². The summed E-state index contributed by atoms with van der Waals surface area (Å²) in [5.74, 6) is 1.93. The number of aromatic nitrogens is 2. The predicted octanol–water partition coefficient (Wildman–Crippen LogP) is 4.54. The fourth-order valence-corrected chi connectivity index (χ4v) is 2.56. The fourth-order valence-electron chi connectivity index (χ4n) is 1.66. The van der Waals surface area contributed by atoms with Crippen LogP contribution in [0, 0.1) is 18.5 Å². The van der Waals surface area contributed by atoms with Gasteiger partial charge in [0.25, 0.3) is 0 Å². The minimum absolute atomic E-state index is 0.674. The van der Waals surface area contributed by atoms with Crippen LogP contribution in [0.1, 0.15) is 18.2 Å². The molecule has 0 fully saturated rings. The van der Waals surface area contributed by atoms with Crippen molar-refractivity contribution in [3.8, 4) is 11.4 Å². The molecule has 2 aromatic rings. The van der Waals surface area contributed by atoms with Crippen LogP contribution < -0.4 is 0 Å². The molecule has 0 atom stereocenters. The zero-order valence-corrected chi connectivity index (χ0v) is 12.4. The maximum absolute atomic E-state index is 5.26. The maximum Gasteiger partial charge on any atom is 0.139 e. The lowest BCUT2D eigenvalue weighted by atomic mass is 10.2. The van der Waals surface area contributed by atoms with Gasteiger partial charge < -0.3 is 4.98 Å². The summed E-state index contributed by atoms with van der Waals surface area (Å²) in [4.78, 5) is 9.01. The van der Waals surface area contributed by atoms with E-state index in [2.05, 4.69) is 41.2 Å². The number of rotatable bonds is 3. The number of aryl methyl sites for hydroxylation is 1. The van der Waals surface area contributed by atoms with Crippen LogP contribution in [0.5, 0.6) is 0 Å². The molecule has 0 saturated carbocycles. The van der Waals surface area contributed by atoms with Gasteiger partial charge in [0.1, 0.15) is 10.5 Å². The van der Waals surface area contributed by atoms with Crippen LogP contribution in [0.2, 0.25) is 0 Å². The molecular weight excluding hydrogens is 260 g/mol. The van der Waals surface area contributed by atoms with Crippen molar-refractivity contribution < 1.29 is 0 Å². The third kappa shape index (κ3) is 2.82. The van der Waals surface area contributed by atoms with Crippen LogP contribution >= 0.6 is 24.0 Å². The van der Waals surface area contributed by atoms with Gasteiger partial charge in [-0.05, 0) is 31.7 Å². The van der Waals surface area contributed by atoms with E-state index in [1.54, 1.807) is 0 Å². The smallest absolute Gasteiger partial charge is 0.139 e. The third-order valence-corrected chi connectivity index (χ3v) is 4.13. The highest BCUT2D eigenvalue weighted by molar-refractivity contribution is 7.99. The van der Waals surface area contributed by atoms with E-state index in [1.165, 1.54) is 4.90 Å². The molecule has 4 heteroatoms. The number of hydrogen-bond donors (Lipinski definition) is 1. The topological polar surface area (TPSA) is 28.7 Å². The molecule has 1 aromatic carbocycles. The monoisotopic (exact) mass is 276 g/mol. The average molecular weight is 276 g/mol. The summed E-state index contributed by atoms with van der Waals surface area (Å²) in [5, 5.41) is 0. The second-order valence-electron chi connectivity index (χ2n) is 4.10. The Morgan fingerprint density at radius 1 is 1.22 bits per heavy atom. The summed E-state index contributed by atoms with van der Waals surface area (Å²) in [7, 11) is 0. The summed E-state index contributed by atoms with van der Waals surface area (Å²) < 4.78 is 0.674. The van der Waals surface area contributed by atoms with E-state index in [1.807, 2.05) is 25.6 Å². The van der Waals surface area contributed by atoms with Crippen LogP contribution in [0.15, 0.2) is 29.2 Å². The molecule has 0 aliphatic heterocycles.